The highest BCUT2D eigenvalue weighted by Gasteiger charge is 2.17. The van der Waals surface area contributed by atoms with Crippen molar-refractivity contribution in [3.05, 3.63) is 42.0 Å². The van der Waals surface area contributed by atoms with Gasteiger partial charge in [0.1, 0.15) is 19.0 Å². The van der Waals surface area contributed by atoms with Crippen molar-refractivity contribution < 1.29 is 14.6 Å². The average Bonchev–Trinajstić information content (AvgIpc) is 2.94. The predicted octanol–water partition coefficient (Wildman–Crippen LogP) is 2.34. The maximum Gasteiger partial charge on any atom is 0.161 e. The lowest BCUT2D eigenvalue weighted by molar-refractivity contribution is 0.163. The number of rotatable bonds is 5. The van der Waals surface area contributed by atoms with Crippen LogP contribution in [0.2, 0.25) is 0 Å². The highest BCUT2D eigenvalue weighted by Crippen LogP contribution is 2.33. The summed E-state index contributed by atoms with van der Waals surface area (Å²) in [5, 5.41) is 10.4. The summed E-state index contributed by atoms with van der Waals surface area (Å²) < 4.78 is 13.1. The number of hydrogen-bond donors (Lipinski definition) is 1. The second kappa shape index (κ2) is 6.18. The summed E-state index contributed by atoms with van der Waals surface area (Å²) in [7, 11) is 0. The smallest absolute Gasteiger partial charge is 0.161 e. The third-order valence-corrected chi connectivity index (χ3v) is 3.59. The molecular formula is C16H20N2O3. The Morgan fingerprint density at radius 2 is 2.10 bits per heavy atom. The highest BCUT2D eigenvalue weighted by atomic mass is 16.6. The van der Waals surface area contributed by atoms with E-state index in [0.29, 0.717) is 25.4 Å². The number of hydrogen-bond acceptors (Lipinski definition) is 4. The van der Waals surface area contributed by atoms with Crippen molar-refractivity contribution >= 4 is 0 Å². The van der Waals surface area contributed by atoms with Gasteiger partial charge in [0, 0.05) is 25.4 Å². The molecule has 2 heterocycles. The van der Waals surface area contributed by atoms with Gasteiger partial charge in [-0.05, 0) is 24.1 Å². The molecule has 2 aromatic rings. The molecule has 0 radical (unpaired) electrons. The van der Waals surface area contributed by atoms with Crippen LogP contribution < -0.4 is 9.47 Å². The molecule has 1 N–H and O–H groups in total. The second-order valence-electron chi connectivity index (χ2n) is 5.16. The van der Waals surface area contributed by atoms with Crippen molar-refractivity contribution in [2.24, 2.45) is 0 Å². The van der Waals surface area contributed by atoms with E-state index >= 15 is 0 Å². The fourth-order valence-corrected chi connectivity index (χ4v) is 2.53. The lowest BCUT2D eigenvalue weighted by Gasteiger charge is -2.20. The number of benzene rings is 1. The van der Waals surface area contributed by atoms with E-state index in [4.69, 9.17) is 9.47 Å². The van der Waals surface area contributed by atoms with Crippen LogP contribution in [0.25, 0.3) is 0 Å². The summed E-state index contributed by atoms with van der Waals surface area (Å²) in [6.45, 7) is 4.17. The summed E-state index contributed by atoms with van der Waals surface area (Å²) in [6, 6.07) is 5.59. The van der Waals surface area contributed by atoms with Crippen LogP contribution in [0, 0.1) is 0 Å². The van der Waals surface area contributed by atoms with Crippen LogP contribution in [0.3, 0.4) is 0 Å². The molecule has 1 aliphatic heterocycles. The molecule has 0 saturated heterocycles. The van der Waals surface area contributed by atoms with Crippen LogP contribution in [0.5, 0.6) is 11.5 Å². The van der Waals surface area contributed by atoms with Crippen LogP contribution in [0.15, 0.2) is 30.6 Å². The van der Waals surface area contributed by atoms with Crippen molar-refractivity contribution in [3.8, 4) is 11.5 Å². The van der Waals surface area contributed by atoms with Crippen molar-refractivity contribution in [3.63, 3.8) is 0 Å². The second-order valence-corrected chi connectivity index (χ2v) is 5.16. The van der Waals surface area contributed by atoms with Gasteiger partial charge >= 0.3 is 0 Å². The van der Waals surface area contributed by atoms with E-state index in [0.717, 1.165) is 30.1 Å². The Morgan fingerprint density at radius 3 is 2.90 bits per heavy atom. The number of aryl methyl sites for hydroxylation is 1. The maximum absolute atomic E-state index is 10.4. The van der Waals surface area contributed by atoms with Gasteiger partial charge in [0.15, 0.2) is 11.5 Å². The zero-order valence-corrected chi connectivity index (χ0v) is 12.2. The summed E-state index contributed by atoms with van der Waals surface area (Å²) in [4.78, 5) is 4.33. The Bertz CT molecular complexity index is 609. The molecular weight excluding hydrogens is 268 g/mol. The Balaban J connectivity index is 1.75. The van der Waals surface area contributed by atoms with E-state index in [1.54, 1.807) is 6.20 Å². The van der Waals surface area contributed by atoms with Crippen molar-refractivity contribution in [2.45, 2.75) is 32.4 Å². The molecule has 1 atom stereocenters. The quantitative estimate of drug-likeness (QED) is 0.917. The first-order valence-electron chi connectivity index (χ1n) is 7.35. The molecule has 3 rings (SSSR count). The van der Waals surface area contributed by atoms with Crippen LogP contribution >= 0.6 is 0 Å². The number of nitrogens with zero attached hydrogens (tertiary/aromatic N) is 2. The monoisotopic (exact) mass is 288 g/mol. The SMILES string of the molecule is CCCn1ccnc1CC(O)c1ccc2c(c1)OCCO2. The van der Waals surface area contributed by atoms with Gasteiger partial charge < -0.3 is 19.1 Å². The van der Waals surface area contributed by atoms with E-state index in [9.17, 15) is 5.11 Å². The van der Waals surface area contributed by atoms with E-state index in [-0.39, 0.29) is 0 Å². The topological polar surface area (TPSA) is 56.5 Å². The summed E-state index contributed by atoms with van der Waals surface area (Å²) in [5.74, 6) is 2.35. The highest BCUT2D eigenvalue weighted by molar-refractivity contribution is 5.44. The van der Waals surface area contributed by atoms with Crippen LogP contribution in [0.1, 0.15) is 30.8 Å². The molecule has 0 bridgehead atoms. The lowest BCUT2D eigenvalue weighted by atomic mass is 10.1. The van der Waals surface area contributed by atoms with Gasteiger partial charge in [-0.15, -0.1) is 0 Å². The van der Waals surface area contributed by atoms with Gasteiger partial charge in [-0.2, -0.15) is 0 Å². The standard InChI is InChI=1S/C16H20N2O3/c1-2-6-18-7-5-17-16(18)11-13(19)12-3-4-14-15(10-12)21-9-8-20-14/h3-5,7,10,13,19H,2,6,8-9,11H2,1H3. The molecule has 0 aliphatic carbocycles. The molecule has 1 aliphatic rings. The first kappa shape index (κ1) is 13.9. The molecule has 1 aromatic heterocycles. The summed E-state index contributed by atoms with van der Waals surface area (Å²) in [6.07, 6.45) is 4.67. The van der Waals surface area contributed by atoms with E-state index < -0.39 is 6.10 Å². The Kier molecular flexibility index (Phi) is 4.10. The van der Waals surface area contributed by atoms with Crippen molar-refractivity contribution in [1.29, 1.82) is 0 Å². The summed E-state index contributed by atoms with van der Waals surface area (Å²) >= 11 is 0. The minimum Gasteiger partial charge on any atom is -0.486 e. The van der Waals surface area contributed by atoms with Crippen molar-refractivity contribution in [1.82, 2.24) is 9.55 Å². The van der Waals surface area contributed by atoms with Gasteiger partial charge in [0.05, 0.1) is 6.10 Å². The number of imidazole rings is 1. The number of fused-ring (bicyclic) bond motifs is 1. The molecule has 1 unspecified atom stereocenters. The molecule has 21 heavy (non-hydrogen) atoms. The minimum atomic E-state index is -0.598. The molecule has 0 saturated carbocycles. The van der Waals surface area contributed by atoms with Gasteiger partial charge in [-0.3, -0.25) is 0 Å². The zero-order chi connectivity index (χ0) is 14.7. The average molecular weight is 288 g/mol. The molecule has 5 nitrogen and oxygen atoms in total. The van der Waals surface area contributed by atoms with E-state index in [1.807, 2.05) is 24.4 Å². The number of aliphatic hydroxyl groups excluding tert-OH is 1. The normalized spacial score (nSPS) is 15.0. The van der Waals surface area contributed by atoms with E-state index in [1.165, 1.54) is 0 Å². The number of aromatic nitrogens is 2. The van der Waals surface area contributed by atoms with Gasteiger partial charge in [0.25, 0.3) is 0 Å². The fraction of sp³-hybridized carbons (Fsp3) is 0.438. The third kappa shape index (κ3) is 3.03. The molecule has 0 amide bonds. The lowest BCUT2D eigenvalue weighted by Crippen LogP contribution is -2.16. The third-order valence-electron chi connectivity index (χ3n) is 3.59. The molecule has 0 spiro atoms. The molecule has 5 heteroatoms. The largest absolute Gasteiger partial charge is 0.486 e. The minimum absolute atomic E-state index is 0.493. The Labute approximate surface area is 124 Å². The van der Waals surface area contributed by atoms with Crippen LogP contribution in [-0.4, -0.2) is 27.9 Å². The fourth-order valence-electron chi connectivity index (χ4n) is 2.53. The van der Waals surface area contributed by atoms with Crippen LogP contribution in [-0.2, 0) is 13.0 Å². The zero-order valence-electron chi connectivity index (χ0n) is 12.2. The predicted molar refractivity (Wildman–Crippen MR) is 78.6 cm³/mol. The van der Waals surface area contributed by atoms with Crippen LogP contribution in [0.4, 0.5) is 0 Å². The maximum atomic E-state index is 10.4. The number of ether oxygens (including phenoxy) is 2. The van der Waals surface area contributed by atoms with Gasteiger partial charge in [0.2, 0.25) is 0 Å². The summed E-state index contributed by atoms with van der Waals surface area (Å²) in [5.41, 5.74) is 0.824. The Hall–Kier alpha value is -2.01. The van der Waals surface area contributed by atoms with Gasteiger partial charge in [-0.25, -0.2) is 4.98 Å². The van der Waals surface area contributed by atoms with E-state index in [2.05, 4.69) is 16.5 Å². The van der Waals surface area contributed by atoms with Crippen molar-refractivity contribution in [2.75, 3.05) is 13.2 Å². The first-order valence-corrected chi connectivity index (χ1v) is 7.35. The molecule has 1 aromatic carbocycles. The Morgan fingerprint density at radius 1 is 1.29 bits per heavy atom. The van der Waals surface area contributed by atoms with Gasteiger partial charge in [-0.1, -0.05) is 13.0 Å². The number of aliphatic hydroxyl groups is 1. The molecule has 112 valence electrons. The molecule has 0 fully saturated rings. The first-order chi connectivity index (χ1) is 10.3.